The highest BCUT2D eigenvalue weighted by molar-refractivity contribution is 7.80. The van der Waals surface area contributed by atoms with Gasteiger partial charge in [0, 0.05) is 17.8 Å². The third-order valence-electron chi connectivity index (χ3n) is 4.20. The summed E-state index contributed by atoms with van der Waals surface area (Å²) in [6.45, 7) is 4.29. The number of halogens is 1. The second-order valence-electron chi connectivity index (χ2n) is 6.21. The standard InChI is InChI=1S/C19H18FN5O2S/c1-12-18(13(2)24(23-12)11-14-3-5-15(20)6-4-14)22-19(28)21-16-7-9-17(10-8-16)25(26)27/h3-10H,11H2,1-2H3,(H2,21,22,28). The summed E-state index contributed by atoms with van der Waals surface area (Å²) in [5, 5.41) is 21.7. The van der Waals surface area contributed by atoms with Gasteiger partial charge in [0.05, 0.1) is 28.5 Å². The number of thiocarbonyl (C=S) groups is 1. The van der Waals surface area contributed by atoms with Crippen molar-refractivity contribution in [1.29, 1.82) is 0 Å². The molecule has 3 aromatic rings. The van der Waals surface area contributed by atoms with E-state index in [0.717, 1.165) is 22.6 Å². The van der Waals surface area contributed by atoms with Gasteiger partial charge >= 0.3 is 0 Å². The van der Waals surface area contributed by atoms with Crippen molar-refractivity contribution in [2.45, 2.75) is 20.4 Å². The number of aryl methyl sites for hydroxylation is 1. The summed E-state index contributed by atoms with van der Waals surface area (Å²) < 4.78 is 14.9. The molecule has 0 saturated heterocycles. The molecule has 1 heterocycles. The lowest BCUT2D eigenvalue weighted by Gasteiger charge is -2.11. The average Bonchev–Trinajstić information content (AvgIpc) is 2.91. The molecule has 9 heteroatoms. The lowest BCUT2D eigenvalue weighted by Crippen LogP contribution is -2.20. The fraction of sp³-hybridized carbons (Fsp3) is 0.158. The summed E-state index contributed by atoms with van der Waals surface area (Å²) in [6.07, 6.45) is 0. The van der Waals surface area contributed by atoms with Gasteiger partial charge in [0.25, 0.3) is 5.69 Å². The number of benzene rings is 2. The van der Waals surface area contributed by atoms with Gasteiger partial charge < -0.3 is 10.6 Å². The van der Waals surface area contributed by atoms with Crippen LogP contribution in [0.25, 0.3) is 0 Å². The van der Waals surface area contributed by atoms with Crippen molar-refractivity contribution in [2.24, 2.45) is 0 Å². The van der Waals surface area contributed by atoms with Crippen LogP contribution < -0.4 is 10.6 Å². The van der Waals surface area contributed by atoms with Gasteiger partial charge in [-0.15, -0.1) is 0 Å². The van der Waals surface area contributed by atoms with E-state index in [-0.39, 0.29) is 11.5 Å². The van der Waals surface area contributed by atoms with Gasteiger partial charge in [-0.1, -0.05) is 12.1 Å². The first-order valence-corrected chi connectivity index (χ1v) is 8.85. The zero-order valence-corrected chi connectivity index (χ0v) is 16.1. The molecule has 0 atom stereocenters. The van der Waals surface area contributed by atoms with Crippen LogP contribution in [-0.4, -0.2) is 19.8 Å². The van der Waals surface area contributed by atoms with Crippen LogP contribution in [0.2, 0.25) is 0 Å². The molecule has 0 saturated carbocycles. The minimum absolute atomic E-state index is 0.0122. The summed E-state index contributed by atoms with van der Waals surface area (Å²) in [6, 6.07) is 12.3. The zero-order chi connectivity index (χ0) is 20.3. The van der Waals surface area contributed by atoms with Gasteiger partial charge in [-0.3, -0.25) is 14.8 Å². The maximum absolute atomic E-state index is 13.1. The van der Waals surface area contributed by atoms with Crippen LogP contribution >= 0.6 is 12.2 Å². The summed E-state index contributed by atoms with van der Waals surface area (Å²) in [5.74, 6) is -0.276. The molecular weight excluding hydrogens is 381 g/mol. The normalized spacial score (nSPS) is 10.5. The minimum atomic E-state index is -0.456. The Labute approximate surface area is 166 Å². The summed E-state index contributed by atoms with van der Waals surface area (Å²) in [7, 11) is 0. The average molecular weight is 399 g/mol. The van der Waals surface area contributed by atoms with Gasteiger partial charge in [0.2, 0.25) is 0 Å². The Morgan fingerprint density at radius 3 is 2.39 bits per heavy atom. The molecule has 3 rings (SSSR count). The third kappa shape index (κ3) is 4.49. The molecule has 2 aromatic carbocycles. The van der Waals surface area contributed by atoms with E-state index in [1.165, 1.54) is 24.3 Å². The number of hydrogen-bond donors (Lipinski definition) is 2. The molecule has 0 unspecified atom stereocenters. The number of hydrogen-bond acceptors (Lipinski definition) is 4. The predicted molar refractivity (Wildman–Crippen MR) is 110 cm³/mol. The second kappa shape index (κ2) is 8.13. The smallest absolute Gasteiger partial charge is 0.269 e. The number of nitro groups is 1. The van der Waals surface area contributed by atoms with Crippen molar-refractivity contribution in [3.63, 3.8) is 0 Å². The Morgan fingerprint density at radius 1 is 1.14 bits per heavy atom. The van der Waals surface area contributed by atoms with E-state index in [0.29, 0.717) is 17.3 Å². The van der Waals surface area contributed by atoms with Gasteiger partial charge in [0.15, 0.2) is 5.11 Å². The van der Waals surface area contributed by atoms with E-state index in [2.05, 4.69) is 15.7 Å². The van der Waals surface area contributed by atoms with Crippen LogP contribution in [0, 0.1) is 29.8 Å². The fourth-order valence-electron chi connectivity index (χ4n) is 2.74. The first-order valence-electron chi connectivity index (χ1n) is 8.44. The second-order valence-corrected chi connectivity index (χ2v) is 6.62. The number of aromatic nitrogens is 2. The van der Waals surface area contributed by atoms with Crippen LogP contribution in [0.15, 0.2) is 48.5 Å². The van der Waals surface area contributed by atoms with E-state index in [1.807, 2.05) is 18.5 Å². The lowest BCUT2D eigenvalue weighted by molar-refractivity contribution is -0.384. The Balaban J connectivity index is 1.69. The fourth-order valence-corrected chi connectivity index (χ4v) is 2.96. The van der Waals surface area contributed by atoms with Crippen LogP contribution in [0.3, 0.4) is 0 Å². The SMILES string of the molecule is Cc1nn(Cc2ccc(F)cc2)c(C)c1NC(=S)Nc1ccc([N+](=O)[O-])cc1. The Hall–Kier alpha value is -3.33. The molecule has 0 fully saturated rings. The zero-order valence-electron chi connectivity index (χ0n) is 15.3. The number of nitro benzene ring substituents is 1. The van der Waals surface area contributed by atoms with Crippen LogP contribution in [0.4, 0.5) is 21.5 Å². The lowest BCUT2D eigenvalue weighted by atomic mass is 10.2. The van der Waals surface area contributed by atoms with Gasteiger partial charge in [0.1, 0.15) is 5.82 Å². The van der Waals surface area contributed by atoms with Crippen molar-refractivity contribution < 1.29 is 9.31 Å². The van der Waals surface area contributed by atoms with E-state index in [1.54, 1.807) is 24.3 Å². The maximum atomic E-state index is 13.1. The number of rotatable bonds is 5. The highest BCUT2D eigenvalue weighted by Crippen LogP contribution is 2.21. The predicted octanol–water partition coefficient (Wildman–Crippen LogP) is 4.40. The number of non-ortho nitro benzene ring substituents is 1. The first kappa shape index (κ1) is 19.4. The summed E-state index contributed by atoms with van der Waals surface area (Å²) >= 11 is 5.34. The van der Waals surface area contributed by atoms with Crippen LogP contribution in [-0.2, 0) is 6.54 Å². The molecule has 0 aliphatic rings. The van der Waals surface area contributed by atoms with E-state index < -0.39 is 4.92 Å². The summed E-state index contributed by atoms with van der Waals surface area (Å²) in [5.41, 5.74) is 4.02. The van der Waals surface area contributed by atoms with Gasteiger partial charge in [-0.25, -0.2) is 4.39 Å². The molecule has 0 bridgehead atoms. The molecule has 0 spiro atoms. The first-order chi connectivity index (χ1) is 13.3. The molecule has 0 amide bonds. The maximum Gasteiger partial charge on any atom is 0.269 e. The van der Waals surface area contributed by atoms with E-state index >= 15 is 0 Å². The topological polar surface area (TPSA) is 85.0 Å². The Bertz CT molecular complexity index is 1020. The minimum Gasteiger partial charge on any atom is -0.332 e. The molecular formula is C19H18FN5O2S. The molecule has 0 aliphatic heterocycles. The van der Waals surface area contributed by atoms with Crippen molar-refractivity contribution >= 4 is 34.4 Å². The molecule has 28 heavy (non-hydrogen) atoms. The third-order valence-corrected chi connectivity index (χ3v) is 4.41. The molecule has 144 valence electrons. The van der Waals surface area contributed by atoms with E-state index in [9.17, 15) is 14.5 Å². The quantitative estimate of drug-likeness (QED) is 0.376. The largest absolute Gasteiger partial charge is 0.332 e. The van der Waals surface area contributed by atoms with E-state index in [4.69, 9.17) is 12.2 Å². The Morgan fingerprint density at radius 2 is 1.79 bits per heavy atom. The number of nitrogens with one attached hydrogen (secondary N) is 2. The molecule has 0 aliphatic carbocycles. The number of nitrogens with zero attached hydrogens (tertiary/aromatic N) is 3. The van der Waals surface area contributed by atoms with Crippen molar-refractivity contribution in [3.05, 3.63) is 81.4 Å². The monoisotopic (exact) mass is 399 g/mol. The Kier molecular flexibility index (Phi) is 5.65. The highest BCUT2D eigenvalue weighted by atomic mass is 32.1. The van der Waals surface area contributed by atoms with Gasteiger partial charge in [-0.2, -0.15) is 5.10 Å². The van der Waals surface area contributed by atoms with Crippen molar-refractivity contribution in [2.75, 3.05) is 10.6 Å². The van der Waals surface area contributed by atoms with Crippen molar-refractivity contribution in [1.82, 2.24) is 9.78 Å². The highest BCUT2D eigenvalue weighted by Gasteiger charge is 2.13. The van der Waals surface area contributed by atoms with Gasteiger partial charge in [-0.05, 0) is 55.9 Å². The molecule has 7 nitrogen and oxygen atoms in total. The molecule has 2 N–H and O–H groups in total. The molecule has 1 aromatic heterocycles. The summed E-state index contributed by atoms with van der Waals surface area (Å²) in [4.78, 5) is 10.3. The number of anilines is 2. The van der Waals surface area contributed by atoms with Crippen LogP contribution in [0.5, 0.6) is 0 Å². The van der Waals surface area contributed by atoms with Crippen LogP contribution in [0.1, 0.15) is 17.0 Å². The van der Waals surface area contributed by atoms with Crippen molar-refractivity contribution in [3.8, 4) is 0 Å². The molecule has 0 radical (unpaired) electrons.